The first-order chi connectivity index (χ1) is 12.7. The number of hydrogen-bond donors (Lipinski definition) is 0. The van der Waals surface area contributed by atoms with Crippen LogP contribution in [0.15, 0.2) is 66.7 Å². The number of halogens is 2. The van der Waals surface area contributed by atoms with Gasteiger partial charge < -0.3 is 0 Å². The Labute approximate surface area is 151 Å². The maximum Gasteiger partial charge on any atom is 0.127 e. The lowest BCUT2D eigenvalue weighted by molar-refractivity contribution is 0.546. The maximum absolute atomic E-state index is 14.4. The zero-order valence-corrected chi connectivity index (χ0v) is 14.3. The van der Waals surface area contributed by atoms with Crippen molar-refractivity contribution in [1.82, 2.24) is 0 Å². The fraction of sp³-hybridized carbons (Fsp3) is 0.167. The van der Waals surface area contributed by atoms with Crippen molar-refractivity contribution in [1.29, 1.82) is 0 Å². The quantitative estimate of drug-likeness (QED) is 0.335. The molecule has 0 amide bonds. The fourth-order valence-corrected chi connectivity index (χ4v) is 4.52. The Hall–Kier alpha value is -2.74. The van der Waals surface area contributed by atoms with E-state index in [0.29, 0.717) is 5.56 Å². The molecule has 0 N–H and O–H groups in total. The number of fused-ring (bicyclic) bond motifs is 5. The van der Waals surface area contributed by atoms with Gasteiger partial charge in [-0.2, -0.15) is 0 Å². The van der Waals surface area contributed by atoms with Gasteiger partial charge in [-0.05, 0) is 75.7 Å². The summed E-state index contributed by atoms with van der Waals surface area (Å²) in [7, 11) is 0. The van der Waals surface area contributed by atoms with Gasteiger partial charge in [0.2, 0.25) is 0 Å². The molecular weight excluding hydrogens is 326 g/mol. The summed E-state index contributed by atoms with van der Waals surface area (Å²) in [6.45, 7) is 0. The van der Waals surface area contributed by atoms with Crippen molar-refractivity contribution in [2.75, 3.05) is 0 Å². The van der Waals surface area contributed by atoms with Crippen molar-refractivity contribution in [2.45, 2.75) is 25.2 Å². The molecule has 0 radical (unpaired) electrons. The molecule has 0 bridgehead atoms. The Morgan fingerprint density at radius 1 is 0.731 bits per heavy atom. The molecule has 0 spiro atoms. The topological polar surface area (TPSA) is 0 Å². The molecule has 2 heteroatoms. The summed E-state index contributed by atoms with van der Waals surface area (Å²) in [6, 6.07) is 20.8. The first-order valence-corrected chi connectivity index (χ1v) is 9.10. The van der Waals surface area contributed by atoms with Gasteiger partial charge in [-0.1, -0.05) is 48.5 Å². The van der Waals surface area contributed by atoms with E-state index in [4.69, 9.17) is 0 Å². The second-order valence-corrected chi connectivity index (χ2v) is 7.13. The van der Waals surface area contributed by atoms with E-state index in [2.05, 4.69) is 48.5 Å². The van der Waals surface area contributed by atoms with Crippen LogP contribution in [0.1, 0.15) is 35.4 Å². The van der Waals surface area contributed by atoms with E-state index in [1.807, 2.05) is 0 Å². The molecule has 5 rings (SSSR count). The van der Waals surface area contributed by atoms with Crippen molar-refractivity contribution < 1.29 is 8.78 Å². The lowest BCUT2D eigenvalue weighted by Crippen LogP contribution is -2.13. The second kappa shape index (κ2) is 5.91. The van der Waals surface area contributed by atoms with Gasteiger partial charge in [-0.25, -0.2) is 8.78 Å². The van der Waals surface area contributed by atoms with Crippen molar-refractivity contribution in [3.63, 3.8) is 0 Å². The van der Waals surface area contributed by atoms with E-state index in [0.717, 1.165) is 24.8 Å². The molecule has 1 atom stereocenters. The smallest absolute Gasteiger partial charge is 0.127 e. The van der Waals surface area contributed by atoms with Crippen molar-refractivity contribution in [3.05, 3.63) is 95.1 Å². The van der Waals surface area contributed by atoms with Crippen LogP contribution in [-0.2, 0) is 6.42 Å². The Balaban J connectivity index is 1.76. The van der Waals surface area contributed by atoms with Crippen molar-refractivity contribution in [2.24, 2.45) is 0 Å². The monoisotopic (exact) mass is 344 g/mol. The molecule has 26 heavy (non-hydrogen) atoms. The Morgan fingerprint density at radius 2 is 1.58 bits per heavy atom. The van der Waals surface area contributed by atoms with Crippen LogP contribution in [0.5, 0.6) is 0 Å². The van der Waals surface area contributed by atoms with E-state index >= 15 is 0 Å². The number of aryl methyl sites for hydroxylation is 1. The van der Waals surface area contributed by atoms with Gasteiger partial charge in [0.25, 0.3) is 0 Å². The molecule has 0 fully saturated rings. The van der Waals surface area contributed by atoms with Crippen LogP contribution >= 0.6 is 0 Å². The Bertz CT molecular complexity index is 1140. The lowest BCUT2D eigenvalue weighted by Gasteiger charge is -2.28. The maximum atomic E-state index is 14.4. The van der Waals surface area contributed by atoms with Crippen LogP contribution in [0.25, 0.3) is 21.5 Å². The highest BCUT2D eigenvalue weighted by Crippen LogP contribution is 2.41. The third kappa shape index (κ3) is 2.33. The lowest BCUT2D eigenvalue weighted by atomic mass is 9.77. The summed E-state index contributed by atoms with van der Waals surface area (Å²) >= 11 is 0. The summed E-state index contributed by atoms with van der Waals surface area (Å²) in [5.41, 5.74) is 2.91. The molecule has 1 unspecified atom stereocenters. The van der Waals surface area contributed by atoms with Crippen LogP contribution < -0.4 is 0 Å². The average Bonchev–Trinajstić information content (AvgIpc) is 2.69. The van der Waals surface area contributed by atoms with Crippen molar-refractivity contribution in [3.8, 4) is 0 Å². The van der Waals surface area contributed by atoms with Crippen LogP contribution in [-0.4, -0.2) is 0 Å². The summed E-state index contributed by atoms with van der Waals surface area (Å²) in [4.78, 5) is 0. The van der Waals surface area contributed by atoms with Gasteiger partial charge in [-0.15, -0.1) is 0 Å². The Kier molecular flexibility index (Phi) is 3.53. The van der Waals surface area contributed by atoms with Gasteiger partial charge in [0.15, 0.2) is 0 Å². The van der Waals surface area contributed by atoms with Crippen LogP contribution in [0.3, 0.4) is 0 Å². The summed E-state index contributed by atoms with van der Waals surface area (Å²) in [5.74, 6) is -0.770. The predicted octanol–water partition coefficient (Wildman–Crippen LogP) is 6.74. The minimum atomic E-state index is -0.375. The largest absolute Gasteiger partial charge is 0.207 e. The van der Waals surface area contributed by atoms with Crippen LogP contribution in [0, 0.1) is 11.6 Å². The Morgan fingerprint density at radius 3 is 2.50 bits per heavy atom. The van der Waals surface area contributed by atoms with Gasteiger partial charge in [0.05, 0.1) is 0 Å². The standard InChI is InChI=1S/C24H18F2/c25-16-9-13-24(26)23(14-16)19-7-3-6-18-21-10-8-15-4-1-2-5-17(15)20(21)11-12-22(18)19/h1-2,4-5,8-14,19H,3,6-7H2. The van der Waals surface area contributed by atoms with Gasteiger partial charge in [0, 0.05) is 5.92 Å². The summed E-state index contributed by atoms with van der Waals surface area (Å²) in [5, 5.41) is 4.94. The fourth-order valence-electron chi connectivity index (χ4n) is 4.52. The highest BCUT2D eigenvalue weighted by atomic mass is 19.1. The van der Waals surface area contributed by atoms with E-state index in [1.54, 1.807) is 0 Å². The normalized spacial score (nSPS) is 16.8. The molecule has 4 aromatic rings. The number of benzene rings is 4. The third-order valence-corrected chi connectivity index (χ3v) is 5.70. The molecule has 0 saturated carbocycles. The SMILES string of the molecule is Fc1ccc(F)c(C2CCCc3c2ccc2c3ccc3ccccc32)c1. The molecule has 4 aromatic carbocycles. The second-order valence-electron chi connectivity index (χ2n) is 7.13. The molecule has 0 heterocycles. The minimum Gasteiger partial charge on any atom is -0.207 e. The number of hydrogen-bond acceptors (Lipinski definition) is 0. The zero-order chi connectivity index (χ0) is 17.7. The van der Waals surface area contributed by atoms with E-state index in [1.165, 1.54) is 45.3 Å². The predicted molar refractivity (Wildman–Crippen MR) is 103 cm³/mol. The molecule has 0 aliphatic heterocycles. The first-order valence-electron chi connectivity index (χ1n) is 9.10. The molecule has 0 nitrogen and oxygen atoms in total. The highest BCUT2D eigenvalue weighted by Gasteiger charge is 2.26. The van der Waals surface area contributed by atoms with E-state index < -0.39 is 0 Å². The van der Waals surface area contributed by atoms with Crippen LogP contribution in [0.2, 0.25) is 0 Å². The van der Waals surface area contributed by atoms with Gasteiger partial charge >= 0.3 is 0 Å². The average molecular weight is 344 g/mol. The third-order valence-electron chi connectivity index (χ3n) is 5.70. The first kappa shape index (κ1) is 15.5. The molecule has 1 aliphatic rings. The zero-order valence-electron chi connectivity index (χ0n) is 14.3. The van der Waals surface area contributed by atoms with Crippen molar-refractivity contribution >= 4 is 21.5 Å². The summed E-state index contributed by atoms with van der Waals surface area (Å²) < 4.78 is 28.1. The summed E-state index contributed by atoms with van der Waals surface area (Å²) in [6.07, 6.45) is 2.82. The molecule has 0 saturated heterocycles. The van der Waals surface area contributed by atoms with E-state index in [-0.39, 0.29) is 17.6 Å². The minimum absolute atomic E-state index is 0.0784. The molecule has 1 aliphatic carbocycles. The molecule has 0 aromatic heterocycles. The van der Waals surface area contributed by atoms with Gasteiger partial charge in [0.1, 0.15) is 11.6 Å². The van der Waals surface area contributed by atoms with Gasteiger partial charge in [-0.3, -0.25) is 0 Å². The van der Waals surface area contributed by atoms with E-state index in [9.17, 15) is 8.78 Å². The molecule has 128 valence electrons. The number of rotatable bonds is 1. The highest BCUT2D eigenvalue weighted by molar-refractivity contribution is 6.08. The molecular formula is C24H18F2. The van der Waals surface area contributed by atoms with Crippen LogP contribution in [0.4, 0.5) is 8.78 Å².